The molecule has 2 aromatic heterocycles. The number of esters is 1. The largest absolute Gasteiger partial charge is 0.450 e. The normalized spacial score (nSPS) is 10.8. The van der Waals surface area contributed by atoms with Crippen LogP contribution in [-0.4, -0.2) is 11.0 Å². The first kappa shape index (κ1) is 14.3. The molecule has 0 aliphatic carbocycles. The lowest BCUT2D eigenvalue weighted by Crippen LogP contribution is -2.03. The number of hydrogen-bond donors (Lipinski definition) is 0. The zero-order valence-corrected chi connectivity index (χ0v) is 12.6. The molecule has 2 heterocycles. The SMILES string of the molecule is O=C(OCc1ncc(-c2ccccc2)o1)c1cc2ccccc2o1. The summed E-state index contributed by atoms with van der Waals surface area (Å²) in [5.41, 5.74) is 1.56. The van der Waals surface area contributed by atoms with E-state index in [1.54, 1.807) is 18.3 Å². The topological polar surface area (TPSA) is 65.5 Å². The molecular weight excluding hydrogens is 306 g/mol. The van der Waals surface area contributed by atoms with Crippen LogP contribution in [0, 0.1) is 0 Å². The Kier molecular flexibility index (Phi) is 3.59. The predicted octanol–water partition coefficient (Wildman–Crippen LogP) is 4.44. The molecule has 0 radical (unpaired) electrons. The second kappa shape index (κ2) is 6.04. The van der Waals surface area contributed by atoms with Gasteiger partial charge in [0.15, 0.2) is 12.4 Å². The number of carbonyl (C=O) groups excluding carboxylic acids is 1. The van der Waals surface area contributed by atoms with E-state index in [4.69, 9.17) is 13.6 Å². The number of aromatic nitrogens is 1. The maximum absolute atomic E-state index is 12.1. The molecule has 0 fully saturated rings. The van der Waals surface area contributed by atoms with Gasteiger partial charge in [0.25, 0.3) is 0 Å². The van der Waals surface area contributed by atoms with Crippen molar-refractivity contribution in [1.29, 1.82) is 0 Å². The number of furan rings is 1. The van der Waals surface area contributed by atoms with Crippen LogP contribution < -0.4 is 0 Å². The fourth-order valence-corrected chi connectivity index (χ4v) is 2.39. The van der Waals surface area contributed by atoms with Crippen molar-refractivity contribution in [3.8, 4) is 11.3 Å². The standard InChI is InChI=1S/C19H13NO4/c21-19(16-10-14-8-4-5-9-15(14)23-16)22-12-18-20-11-17(24-18)13-6-2-1-3-7-13/h1-11H,12H2. The van der Waals surface area contributed by atoms with E-state index in [0.717, 1.165) is 10.9 Å². The molecule has 24 heavy (non-hydrogen) atoms. The van der Waals surface area contributed by atoms with Gasteiger partial charge in [0, 0.05) is 10.9 Å². The summed E-state index contributed by atoms with van der Waals surface area (Å²) in [5.74, 6) is 0.570. The summed E-state index contributed by atoms with van der Waals surface area (Å²) in [5, 5.41) is 0.854. The van der Waals surface area contributed by atoms with E-state index in [1.807, 2.05) is 48.5 Å². The highest BCUT2D eigenvalue weighted by molar-refractivity contribution is 5.92. The number of rotatable bonds is 4. The third-order valence-electron chi connectivity index (χ3n) is 3.57. The number of ether oxygens (including phenoxy) is 1. The van der Waals surface area contributed by atoms with Crippen LogP contribution in [0.1, 0.15) is 16.4 Å². The Hall–Kier alpha value is -3.34. The Balaban J connectivity index is 1.45. The van der Waals surface area contributed by atoms with Gasteiger partial charge in [0.2, 0.25) is 11.7 Å². The number of oxazole rings is 1. The molecular formula is C19H13NO4. The first-order valence-electron chi connectivity index (χ1n) is 7.45. The van der Waals surface area contributed by atoms with E-state index < -0.39 is 5.97 Å². The van der Waals surface area contributed by atoms with Crippen molar-refractivity contribution >= 4 is 16.9 Å². The van der Waals surface area contributed by atoms with E-state index in [0.29, 0.717) is 17.2 Å². The van der Waals surface area contributed by atoms with Crippen LogP contribution in [0.2, 0.25) is 0 Å². The molecule has 2 aromatic carbocycles. The zero-order valence-electron chi connectivity index (χ0n) is 12.6. The molecule has 0 saturated carbocycles. The summed E-state index contributed by atoms with van der Waals surface area (Å²) in [6.07, 6.45) is 1.61. The molecule has 0 bridgehead atoms. The summed E-state index contributed by atoms with van der Waals surface area (Å²) >= 11 is 0. The lowest BCUT2D eigenvalue weighted by Gasteiger charge is -1.99. The Morgan fingerprint density at radius 1 is 1.00 bits per heavy atom. The van der Waals surface area contributed by atoms with Crippen LogP contribution >= 0.6 is 0 Å². The molecule has 0 saturated heterocycles. The van der Waals surface area contributed by atoms with Gasteiger partial charge in [0.05, 0.1) is 6.20 Å². The first-order chi connectivity index (χ1) is 11.8. The van der Waals surface area contributed by atoms with Crippen molar-refractivity contribution in [1.82, 2.24) is 4.98 Å². The molecule has 0 atom stereocenters. The molecule has 0 unspecified atom stereocenters. The summed E-state index contributed by atoms with van der Waals surface area (Å²) in [6, 6.07) is 18.7. The van der Waals surface area contributed by atoms with Crippen molar-refractivity contribution in [2.75, 3.05) is 0 Å². The van der Waals surface area contributed by atoms with Gasteiger partial charge in [-0.05, 0) is 12.1 Å². The predicted molar refractivity (Wildman–Crippen MR) is 87.3 cm³/mol. The molecule has 0 aliphatic rings. The first-order valence-corrected chi connectivity index (χ1v) is 7.45. The number of benzene rings is 2. The van der Waals surface area contributed by atoms with Crippen LogP contribution in [-0.2, 0) is 11.3 Å². The van der Waals surface area contributed by atoms with Gasteiger partial charge in [-0.2, -0.15) is 0 Å². The van der Waals surface area contributed by atoms with E-state index in [-0.39, 0.29) is 12.4 Å². The molecule has 0 spiro atoms. The van der Waals surface area contributed by atoms with E-state index in [2.05, 4.69) is 4.98 Å². The quantitative estimate of drug-likeness (QED) is 0.520. The van der Waals surface area contributed by atoms with Crippen molar-refractivity contribution in [2.24, 2.45) is 0 Å². The molecule has 118 valence electrons. The zero-order chi connectivity index (χ0) is 16.4. The maximum Gasteiger partial charge on any atom is 0.374 e. The lowest BCUT2D eigenvalue weighted by molar-refractivity contribution is 0.0405. The minimum atomic E-state index is -0.550. The maximum atomic E-state index is 12.1. The van der Waals surface area contributed by atoms with Gasteiger partial charge < -0.3 is 13.6 Å². The van der Waals surface area contributed by atoms with Crippen molar-refractivity contribution in [3.05, 3.63) is 78.5 Å². The third kappa shape index (κ3) is 2.79. The highest BCUT2D eigenvalue weighted by Crippen LogP contribution is 2.22. The smallest absolute Gasteiger partial charge is 0.374 e. The Morgan fingerprint density at radius 3 is 2.62 bits per heavy atom. The lowest BCUT2D eigenvalue weighted by atomic mass is 10.2. The number of fused-ring (bicyclic) bond motifs is 1. The highest BCUT2D eigenvalue weighted by Gasteiger charge is 2.15. The molecule has 4 rings (SSSR count). The molecule has 4 aromatic rings. The third-order valence-corrected chi connectivity index (χ3v) is 3.57. The monoisotopic (exact) mass is 319 g/mol. The molecule has 0 aliphatic heterocycles. The average Bonchev–Trinajstić information content (AvgIpc) is 3.27. The highest BCUT2D eigenvalue weighted by atomic mass is 16.6. The molecule has 5 nitrogen and oxygen atoms in total. The summed E-state index contributed by atoms with van der Waals surface area (Å²) in [4.78, 5) is 16.2. The van der Waals surface area contributed by atoms with Gasteiger partial charge in [0.1, 0.15) is 5.58 Å². The Morgan fingerprint density at radius 2 is 1.79 bits per heavy atom. The minimum absolute atomic E-state index is 0.0529. The molecule has 0 amide bonds. The van der Waals surface area contributed by atoms with Gasteiger partial charge in [-0.3, -0.25) is 0 Å². The van der Waals surface area contributed by atoms with Crippen LogP contribution in [0.3, 0.4) is 0 Å². The molecule has 5 heteroatoms. The second-order valence-corrected chi connectivity index (χ2v) is 5.21. The van der Waals surface area contributed by atoms with Crippen LogP contribution in [0.5, 0.6) is 0 Å². The van der Waals surface area contributed by atoms with Crippen LogP contribution in [0.25, 0.3) is 22.3 Å². The summed E-state index contributed by atoms with van der Waals surface area (Å²) in [6.45, 7) is -0.0529. The Bertz CT molecular complexity index is 952. The van der Waals surface area contributed by atoms with Gasteiger partial charge in [-0.15, -0.1) is 0 Å². The number of hydrogen-bond acceptors (Lipinski definition) is 5. The van der Waals surface area contributed by atoms with Crippen molar-refractivity contribution in [3.63, 3.8) is 0 Å². The van der Waals surface area contributed by atoms with Crippen molar-refractivity contribution < 1.29 is 18.4 Å². The molecule has 0 N–H and O–H groups in total. The second-order valence-electron chi connectivity index (χ2n) is 5.21. The number of nitrogens with zero attached hydrogens (tertiary/aromatic N) is 1. The van der Waals surface area contributed by atoms with Gasteiger partial charge >= 0.3 is 5.97 Å². The van der Waals surface area contributed by atoms with Crippen LogP contribution in [0.15, 0.2) is 75.7 Å². The van der Waals surface area contributed by atoms with Gasteiger partial charge in [-0.1, -0.05) is 48.5 Å². The minimum Gasteiger partial charge on any atom is -0.450 e. The van der Waals surface area contributed by atoms with Gasteiger partial charge in [-0.25, -0.2) is 9.78 Å². The van der Waals surface area contributed by atoms with E-state index >= 15 is 0 Å². The van der Waals surface area contributed by atoms with Crippen molar-refractivity contribution in [2.45, 2.75) is 6.61 Å². The van der Waals surface area contributed by atoms with E-state index in [1.165, 1.54) is 0 Å². The van der Waals surface area contributed by atoms with Crippen LogP contribution in [0.4, 0.5) is 0 Å². The summed E-state index contributed by atoms with van der Waals surface area (Å²) < 4.78 is 16.3. The fourth-order valence-electron chi connectivity index (χ4n) is 2.39. The summed E-state index contributed by atoms with van der Waals surface area (Å²) in [7, 11) is 0. The number of carbonyl (C=O) groups is 1. The average molecular weight is 319 g/mol. The number of para-hydroxylation sites is 1. The fraction of sp³-hybridized carbons (Fsp3) is 0.0526. The Labute approximate surface area is 137 Å². The van der Waals surface area contributed by atoms with E-state index in [9.17, 15) is 4.79 Å².